The van der Waals surface area contributed by atoms with Crippen molar-refractivity contribution < 1.29 is 9.47 Å². The number of halogens is 1. The highest BCUT2D eigenvalue weighted by Crippen LogP contribution is 2.33. The van der Waals surface area contributed by atoms with Crippen molar-refractivity contribution in [2.45, 2.75) is 12.7 Å². The van der Waals surface area contributed by atoms with Gasteiger partial charge in [-0.2, -0.15) is 10.4 Å². The minimum absolute atomic E-state index is 0.0561. The molecule has 0 saturated heterocycles. The molecule has 0 aliphatic carbocycles. The quantitative estimate of drug-likeness (QED) is 0.369. The maximum absolute atomic E-state index is 8.68. The van der Waals surface area contributed by atoms with Crippen molar-refractivity contribution in [3.63, 3.8) is 0 Å². The standard InChI is InChI=1S/C19H19BrN4O2S/c1-2-25-17-10-15(16(20)11-18(17)26-9-8-21)12-23-24-19(22)27-13-14-6-4-3-5-7-14/h3-7,10-12H,2,9,13H2,1H3,(H2,22,24). The molecule has 0 aromatic heterocycles. The van der Waals surface area contributed by atoms with Crippen LogP contribution in [0.1, 0.15) is 18.1 Å². The molecule has 0 bridgehead atoms. The van der Waals surface area contributed by atoms with Crippen molar-refractivity contribution >= 4 is 39.1 Å². The number of nitrogens with zero attached hydrogens (tertiary/aromatic N) is 3. The number of ether oxygens (including phenoxy) is 2. The van der Waals surface area contributed by atoms with E-state index >= 15 is 0 Å². The molecule has 0 amide bonds. The predicted octanol–water partition coefficient (Wildman–Crippen LogP) is 4.33. The average Bonchev–Trinajstić information content (AvgIpc) is 2.68. The summed E-state index contributed by atoms with van der Waals surface area (Å²) in [6.07, 6.45) is 1.58. The fraction of sp³-hybridized carbons (Fsp3) is 0.211. The number of hydrogen-bond acceptors (Lipinski definition) is 6. The van der Waals surface area contributed by atoms with Crippen LogP contribution in [0.4, 0.5) is 0 Å². The highest BCUT2D eigenvalue weighted by molar-refractivity contribution is 9.10. The van der Waals surface area contributed by atoms with Gasteiger partial charge in [-0.1, -0.05) is 42.1 Å². The van der Waals surface area contributed by atoms with E-state index in [1.807, 2.05) is 43.3 Å². The Balaban J connectivity index is 2.06. The Morgan fingerprint density at radius 1 is 1.26 bits per heavy atom. The maximum atomic E-state index is 8.68. The van der Waals surface area contributed by atoms with Gasteiger partial charge in [-0.05, 0) is 40.5 Å². The summed E-state index contributed by atoms with van der Waals surface area (Å²) in [4.78, 5) is 0. The van der Waals surface area contributed by atoms with Gasteiger partial charge in [-0.15, -0.1) is 5.10 Å². The first-order valence-electron chi connectivity index (χ1n) is 8.13. The molecule has 2 rings (SSSR count). The number of benzene rings is 2. The van der Waals surface area contributed by atoms with Crippen molar-refractivity contribution in [3.05, 3.63) is 58.1 Å². The first-order chi connectivity index (χ1) is 13.1. The molecule has 0 radical (unpaired) electrons. The van der Waals surface area contributed by atoms with Crippen LogP contribution < -0.4 is 15.2 Å². The zero-order valence-electron chi connectivity index (χ0n) is 14.8. The molecule has 0 aliphatic rings. The van der Waals surface area contributed by atoms with E-state index in [0.717, 1.165) is 15.8 Å². The third kappa shape index (κ3) is 6.96. The number of nitrogens with two attached hydrogens (primary N) is 1. The van der Waals surface area contributed by atoms with Gasteiger partial charge in [0.05, 0.1) is 12.8 Å². The molecule has 0 heterocycles. The Labute approximate surface area is 171 Å². The molecule has 2 N–H and O–H groups in total. The first-order valence-corrected chi connectivity index (χ1v) is 9.91. The van der Waals surface area contributed by atoms with Gasteiger partial charge in [0.25, 0.3) is 0 Å². The summed E-state index contributed by atoms with van der Waals surface area (Å²) in [7, 11) is 0. The van der Waals surface area contributed by atoms with Gasteiger partial charge in [0, 0.05) is 15.8 Å². The summed E-state index contributed by atoms with van der Waals surface area (Å²) in [5.41, 5.74) is 7.82. The van der Waals surface area contributed by atoms with Crippen molar-refractivity contribution in [1.82, 2.24) is 0 Å². The number of rotatable bonds is 8. The van der Waals surface area contributed by atoms with Crippen molar-refractivity contribution in [3.8, 4) is 17.6 Å². The van der Waals surface area contributed by atoms with Crippen LogP contribution in [0.3, 0.4) is 0 Å². The number of thioether (sulfide) groups is 1. The summed E-state index contributed by atoms with van der Waals surface area (Å²) < 4.78 is 11.7. The smallest absolute Gasteiger partial charge is 0.180 e. The van der Waals surface area contributed by atoms with E-state index in [1.165, 1.54) is 17.3 Å². The molecule has 0 atom stereocenters. The van der Waals surface area contributed by atoms with E-state index in [1.54, 1.807) is 18.3 Å². The highest BCUT2D eigenvalue weighted by atomic mass is 79.9. The van der Waals surface area contributed by atoms with Gasteiger partial charge in [0.2, 0.25) is 0 Å². The van der Waals surface area contributed by atoms with Crippen LogP contribution in [0.2, 0.25) is 0 Å². The third-order valence-electron chi connectivity index (χ3n) is 3.24. The molecular formula is C19H19BrN4O2S. The molecule has 6 nitrogen and oxygen atoms in total. The molecule has 140 valence electrons. The average molecular weight is 447 g/mol. The molecule has 0 aliphatic heterocycles. The van der Waals surface area contributed by atoms with Gasteiger partial charge < -0.3 is 15.2 Å². The lowest BCUT2D eigenvalue weighted by Crippen LogP contribution is -2.06. The van der Waals surface area contributed by atoms with Crippen LogP contribution in [0.5, 0.6) is 11.5 Å². The van der Waals surface area contributed by atoms with Crippen LogP contribution >= 0.6 is 27.7 Å². The van der Waals surface area contributed by atoms with Crippen molar-refractivity contribution in [2.24, 2.45) is 15.9 Å². The van der Waals surface area contributed by atoms with E-state index < -0.39 is 0 Å². The molecule has 27 heavy (non-hydrogen) atoms. The van der Waals surface area contributed by atoms with E-state index in [4.69, 9.17) is 20.5 Å². The van der Waals surface area contributed by atoms with Crippen LogP contribution in [0, 0.1) is 11.3 Å². The number of nitriles is 1. The third-order valence-corrected chi connectivity index (χ3v) is 4.78. The van der Waals surface area contributed by atoms with Crippen LogP contribution in [0.15, 0.2) is 57.1 Å². The molecule has 0 unspecified atom stereocenters. The van der Waals surface area contributed by atoms with Crippen LogP contribution in [-0.4, -0.2) is 24.6 Å². The number of amidine groups is 1. The summed E-state index contributed by atoms with van der Waals surface area (Å²) in [6, 6.07) is 15.5. The predicted molar refractivity (Wildman–Crippen MR) is 113 cm³/mol. The molecule has 2 aromatic carbocycles. The van der Waals surface area contributed by atoms with E-state index in [2.05, 4.69) is 26.1 Å². The fourth-order valence-corrected chi connectivity index (χ4v) is 3.09. The van der Waals surface area contributed by atoms with Gasteiger partial charge in [-0.3, -0.25) is 0 Å². The highest BCUT2D eigenvalue weighted by Gasteiger charge is 2.10. The van der Waals surface area contributed by atoms with Gasteiger partial charge in [-0.25, -0.2) is 0 Å². The van der Waals surface area contributed by atoms with Gasteiger partial charge in [0.15, 0.2) is 23.3 Å². The second kappa shape index (κ2) is 11.3. The Morgan fingerprint density at radius 2 is 2.00 bits per heavy atom. The normalized spacial score (nSPS) is 11.4. The fourth-order valence-electron chi connectivity index (χ4n) is 2.05. The van der Waals surface area contributed by atoms with Crippen LogP contribution in [-0.2, 0) is 5.75 Å². The largest absolute Gasteiger partial charge is 0.490 e. The molecule has 2 aromatic rings. The zero-order valence-corrected chi connectivity index (χ0v) is 17.2. The summed E-state index contributed by atoms with van der Waals surface area (Å²) >= 11 is 4.88. The molecular weight excluding hydrogens is 428 g/mol. The molecule has 0 fully saturated rings. The summed E-state index contributed by atoms with van der Waals surface area (Å²) in [6.45, 7) is 2.29. The van der Waals surface area contributed by atoms with E-state index in [0.29, 0.717) is 23.3 Å². The lowest BCUT2D eigenvalue weighted by molar-refractivity contribution is 0.298. The Kier molecular flexibility index (Phi) is 8.68. The van der Waals surface area contributed by atoms with E-state index in [9.17, 15) is 0 Å². The van der Waals surface area contributed by atoms with Gasteiger partial charge in [0.1, 0.15) is 6.07 Å². The summed E-state index contributed by atoms with van der Waals surface area (Å²) in [5, 5.41) is 17.1. The first kappa shape index (κ1) is 20.8. The number of hydrogen-bond donors (Lipinski definition) is 1. The van der Waals surface area contributed by atoms with E-state index in [-0.39, 0.29) is 6.61 Å². The lowest BCUT2D eigenvalue weighted by Gasteiger charge is -2.11. The minimum Gasteiger partial charge on any atom is -0.490 e. The molecule has 0 spiro atoms. The van der Waals surface area contributed by atoms with Gasteiger partial charge >= 0.3 is 0 Å². The Bertz CT molecular complexity index is 851. The topological polar surface area (TPSA) is 93.0 Å². The molecule has 0 saturated carbocycles. The second-order valence-electron chi connectivity index (χ2n) is 5.16. The van der Waals surface area contributed by atoms with Crippen molar-refractivity contribution in [2.75, 3.05) is 13.2 Å². The van der Waals surface area contributed by atoms with Crippen LogP contribution in [0.25, 0.3) is 0 Å². The Hall–Kier alpha value is -2.50. The monoisotopic (exact) mass is 446 g/mol. The summed E-state index contributed by atoms with van der Waals surface area (Å²) in [5.74, 6) is 1.76. The second-order valence-corrected chi connectivity index (χ2v) is 7.01. The Morgan fingerprint density at radius 3 is 2.70 bits per heavy atom. The maximum Gasteiger partial charge on any atom is 0.180 e. The zero-order chi connectivity index (χ0) is 19.5. The minimum atomic E-state index is -0.0561. The lowest BCUT2D eigenvalue weighted by atomic mass is 10.2. The SMILES string of the molecule is CCOc1cc(C=NN=C(N)SCc2ccccc2)c(Br)cc1OCC#N. The van der Waals surface area contributed by atoms with Crippen molar-refractivity contribution in [1.29, 1.82) is 5.26 Å². The molecule has 8 heteroatoms.